The lowest BCUT2D eigenvalue weighted by atomic mass is 10.2. The number of hydrogen-bond donors (Lipinski definition) is 2. The number of amides is 1. The second-order valence-electron chi connectivity index (χ2n) is 5.45. The van der Waals surface area contributed by atoms with Crippen molar-refractivity contribution in [1.29, 1.82) is 5.26 Å². The molecule has 0 aliphatic rings. The van der Waals surface area contributed by atoms with Crippen LogP contribution in [0, 0.1) is 11.3 Å². The first-order valence-electron chi connectivity index (χ1n) is 8.08. The van der Waals surface area contributed by atoms with Crippen LogP contribution in [0.4, 0.5) is 5.69 Å². The number of nitriles is 1. The molecule has 0 aliphatic carbocycles. The number of rotatable bonds is 6. The van der Waals surface area contributed by atoms with Crippen LogP contribution < -0.4 is 15.4 Å². The molecule has 0 spiro atoms. The van der Waals surface area contributed by atoms with Gasteiger partial charge < -0.3 is 10.1 Å². The molecule has 7 heteroatoms. The Morgan fingerprint density at radius 2 is 2.12 bits per heavy atom. The summed E-state index contributed by atoms with van der Waals surface area (Å²) in [5.41, 5.74) is 1.59. The zero-order valence-electron chi connectivity index (χ0n) is 14.2. The van der Waals surface area contributed by atoms with E-state index < -0.39 is 0 Å². The van der Waals surface area contributed by atoms with E-state index >= 15 is 0 Å². The quantitative estimate of drug-likeness (QED) is 0.515. The largest absolute Gasteiger partial charge is 0.492 e. The molecule has 0 aliphatic heterocycles. The van der Waals surface area contributed by atoms with Crippen LogP contribution in [0.25, 0.3) is 0 Å². The van der Waals surface area contributed by atoms with Crippen molar-refractivity contribution in [3.63, 3.8) is 0 Å². The molecule has 0 bridgehead atoms. The van der Waals surface area contributed by atoms with Crippen LogP contribution in [0.3, 0.4) is 0 Å². The van der Waals surface area contributed by atoms with Gasteiger partial charge in [-0.1, -0.05) is 19.4 Å². The zero-order valence-corrected chi connectivity index (χ0v) is 16.6. The molecule has 0 heterocycles. The Morgan fingerprint density at radius 3 is 2.81 bits per heavy atom. The Labute approximate surface area is 166 Å². The van der Waals surface area contributed by atoms with Crippen LogP contribution in [0.5, 0.6) is 5.75 Å². The number of halogens is 1. The topological polar surface area (TPSA) is 74.2 Å². The number of hydrogen-bond acceptors (Lipinski definition) is 4. The number of unbranched alkanes of at least 4 members (excludes halogenated alkanes) is 1. The van der Waals surface area contributed by atoms with Crippen molar-refractivity contribution in [3.05, 3.63) is 58.1 Å². The van der Waals surface area contributed by atoms with E-state index in [1.54, 1.807) is 42.5 Å². The van der Waals surface area contributed by atoms with Crippen molar-refractivity contribution in [2.24, 2.45) is 0 Å². The summed E-state index contributed by atoms with van der Waals surface area (Å²) in [5, 5.41) is 14.6. The molecule has 0 saturated carbocycles. The smallest absolute Gasteiger partial charge is 0.257 e. The fraction of sp³-hybridized carbons (Fsp3) is 0.211. The molecule has 0 radical (unpaired) electrons. The van der Waals surface area contributed by atoms with Gasteiger partial charge in [0.05, 0.1) is 22.7 Å². The summed E-state index contributed by atoms with van der Waals surface area (Å²) in [7, 11) is 0. The number of anilines is 1. The number of carbonyl (C=O) groups is 1. The number of thiocarbonyl (C=S) groups is 1. The number of nitrogens with zero attached hydrogens (tertiary/aromatic N) is 1. The third-order valence-corrected chi connectivity index (χ3v) is 4.25. The molecule has 1 amide bonds. The van der Waals surface area contributed by atoms with Gasteiger partial charge in [0.25, 0.3) is 5.91 Å². The van der Waals surface area contributed by atoms with Gasteiger partial charge in [-0.05, 0) is 71.0 Å². The summed E-state index contributed by atoms with van der Waals surface area (Å²) in [5.74, 6) is 0.365. The van der Waals surface area contributed by atoms with E-state index in [0.29, 0.717) is 33.6 Å². The van der Waals surface area contributed by atoms with Crippen LogP contribution >= 0.6 is 28.1 Å². The van der Waals surface area contributed by atoms with Gasteiger partial charge in [-0.2, -0.15) is 5.26 Å². The third kappa shape index (κ3) is 5.83. The molecule has 0 fully saturated rings. The monoisotopic (exact) mass is 431 g/mol. The van der Waals surface area contributed by atoms with E-state index in [9.17, 15) is 4.79 Å². The lowest BCUT2D eigenvalue weighted by Crippen LogP contribution is -2.34. The maximum absolute atomic E-state index is 12.3. The molecule has 2 aromatic rings. The normalized spacial score (nSPS) is 9.88. The molecule has 0 unspecified atom stereocenters. The van der Waals surface area contributed by atoms with E-state index in [1.807, 2.05) is 6.07 Å². The van der Waals surface area contributed by atoms with E-state index in [-0.39, 0.29) is 11.0 Å². The van der Waals surface area contributed by atoms with Crippen molar-refractivity contribution < 1.29 is 9.53 Å². The van der Waals surface area contributed by atoms with Crippen LogP contribution in [-0.2, 0) is 0 Å². The highest BCUT2D eigenvalue weighted by atomic mass is 79.9. The summed E-state index contributed by atoms with van der Waals surface area (Å²) in [4.78, 5) is 12.3. The molecule has 0 atom stereocenters. The Hall–Kier alpha value is -2.43. The highest BCUT2D eigenvalue weighted by Gasteiger charge is 2.11. The molecule has 134 valence electrons. The Bertz CT molecular complexity index is 849. The van der Waals surface area contributed by atoms with E-state index in [0.717, 1.165) is 12.8 Å². The lowest BCUT2D eigenvalue weighted by molar-refractivity contribution is 0.0977. The average molecular weight is 432 g/mol. The van der Waals surface area contributed by atoms with Crippen LogP contribution in [0.1, 0.15) is 35.7 Å². The molecule has 0 saturated heterocycles. The molecule has 2 N–H and O–H groups in total. The third-order valence-electron chi connectivity index (χ3n) is 3.43. The maximum Gasteiger partial charge on any atom is 0.257 e. The summed E-state index contributed by atoms with van der Waals surface area (Å²) >= 11 is 8.58. The summed E-state index contributed by atoms with van der Waals surface area (Å²) in [6.07, 6.45) is 2.03. The van der Waals surface area contributed by atoms with Crippen molar-refractivity contribution in [1.82, 2.24) is 5.32 Å². The average Bonchev–Trinajstić information content (AvgIpc) is 2.63. The second kappa shape index (κ2) is 9.90. The highest BCUT2D eigenvalue weighted by Crippen LogP contribution is 2.26. The number of ether oxygens (including phenoxy) is 1. The Morgan fingerprint density at radius 1 is 1.31 bits per heavy atom. The Kier molecular flexibility index (Phi) is 7.57. The standard InChI is InChI=1S/C19H18BrN3O2S/c1-2-3-9-25-17-8-7-14(11-16(17)20)18(24)23-19(26)22-15-6-4-5-13(10-15)12-21/h4-8,10-11H,2-3,9H2,1H3,(H2,22,23,24,26). The summed E-state index contributed by atoms with van der Waals surface area (Å²) < 4.78 is 6.36. The number of benzene rings is 2. The van der Waals surface area contributed by atoms with Crippen LogP contribution in [0.15, 0.2) is 46.9 Å². The number of carbonyl (C=O) groups excluding carboxylic acids is 1. The minimum absolute atomic E-state index is 0.157. The maximum atomic E-state index is 12.3. The van der Waals surface area contributed by atoms with Gasteiger partial charge in [0, 0.05) is 11.3 Å². The second-order valence-corrected chi connectivity index (χ2v) is 6.71. The SMILES string of the molecule is CCCCOc1ccc(C(=O)NC(=S)Nc2cccc(C#N)c2)cc1Br. The molecule has 5 nitrogen and oxygen atoms in total. The minimum Gasteiger partial charge on any atom is -0.492 e. The minimum atomic E-state index is -0.334. The van der Waals surface area contributed by atoms with Crippen molar-refractivity contribution in [3.8, 4) is 11.8 Å². The first-order chi connectivity index (χ1) is 12.5. The van der Waals surface area contributed by atoms with Crippen molar-refractivity contribution in [2.75, 3.05) is 11.9 Å². The molecule has 0 aromatic heterocycles. The molecular weight excluding hydrogens is 414 g/mol. The van der Waals surface area contributed by atoms with Gasteiger partial charge in [0.15, 0.2) is 5.11 Å². The summed E-state index contributed by atoms with van der Waals surface area (Å²) in [6, 6.07) is 14.0. The lowest BCUT2D eigenvalue weighted by Gasteiger charge is -2.11. The van der Waals surface area contributed by atoms with Gasteiger partial charge in [-0.15, -0.1) is 0 Å². The van der Waals surface area contributed by atoms with E-state index in [2.05, 4.69) is 33.5 Å². The van der Waals surface area contributed by atoms with E-state index in [4.69, 9.17) is 22.2 Å². The fourth-order valence-electron chi connectivity index (χ4n) is 2.09. The van der Waals surface area contributed by atoms with Gasteiger partial charge in [-0.25, -0.2) is 0 Å². The van der Waals surface area contributed by atoms with Gasteiger partial charge >= 0.3 is 0 Å². The van der Waals surface area contributed by atoms with Crippen LogP contribution in [-0.4, -0.2) is 17.6 Å². The predicted octanol–water partition coefficient (Wildman–Crippen LogP) is 4.63. The number of nitrogens with one attached hydrogen (secondary N) is 2. The van der Waals surface area contributed by atoms with Gasteiger partial charge in [0.2, 0.25) is 0 Å². The van der Waals surface area contributed by atoms with E-state index in [1.165, 1.54) is 0 Å². The van der Waals surface area contributed by atoms with Crippen molar-refractivity contribution >= 4 is 44.9 Å². The molecular formula is C19H18BrN3O2S. The van der Waals surface area contributed by atoms with Gasteiger partial charge in [0.1, 0.15) is 5.75 Å². The zero-order chi connectivity index (χ0) is 18.9. The Balaban J connectivity index is 1.97. The molecule has 2 aromatic carbocycles. The van der Waals surface area contributed by atoms with Gasteiger partial charge in [-0.3, -0.25) is 10.1 Å². The molecule has 26 heavy (non-hydrogen) atoms. The van der Waals surface area contributed by atoms with Crippen LogP contribution in [0.2, 0.25) is 0 Å². The van der Waals surface area contributed by atoms with Crippen molar-refractivity contribution in [2.45, 2.75) is 19.8 Å². The summed E-state index contributed by atoms with van der Waals surface area (Å²) in [6.45, 7) is 2.73. The first-order valence-corrected chi connectivity index (χ1v) is 9.28. The molecule has 2 rings (SSSR count). The highest BCUT2D eigenvalue weighted by molar-refractivity contribution is 9.10. The predicted molar refractivity (Wildman–Crippen MR) is 109 cm³/mol. The fourth-order valence-corrected chi connectivity index (χ4v) is 2.79. The first kappa shape index (κ1) is 19.9.